The molecule has 188 valence electrons. The van der Waals surface area contributed by atoms with E-state index in [1.165, 1.54) is 0 Å². The van der Waals surface area contributed by atoms with Crippen LogP contribution < -0.4 is 16.0 Å². The quantitative estimate of drug-likeness (QED) is 0.328. The van der Waals surface area contributed by atoms with Gasteiger partial charge in [0, 0.05) is 36.5 Å². The van der Waals surface area contributed by atoms with Gasteiger partial charge >= 0.3 is 6.09 Å². The molecular weight excluding hydrogens is 456 g/mol. The van der Waals surface area contributed by atoms with Crippen LogP contribution in [0.15, 0.2) is 23.2 Å². The first-order chi connectivity index (χ1) is 16.1. The molecule has 3 N–H and O–H groups in total. The second kappa shape index (κ2) is 11.5. The average molecular weight is 487 g/mol. The fourth-order valence-corrected chi connectivity index (χ4v) is 4.19. The number of amides is 2. The Balaban J connectivity index is 1.65. The minimum absolute atomic E-state index is 0.0325. The van der Waals surface area contributed by atoms with Crippen molar-refractivity contribution in [3.63, 3.8) is 0 Å². The van der Waals surface area contributed by atoms with Gasteiger partial charge in [0.05, 0.1) is 6.61 Å². The SMILES string of the molecule is CCOC(=O)N[C@H]1CC[C@H](N/C(=N\C(=O)c2ccc(F)c(F)c2)NC2CCC(F)(F)CC2)CC1. The Morgan fingerprint density at radius 1 is 0.941 bits per heavy atom. The number of nitrogens with one attached hydrogen (secondary N) is 3. The second-order valence-electron chi connectivity index (χ2n) is 8.73. The fraction of sp³-hybridized carbons (Fsp3) is 0.609. The molecule has 2 saturated carbocycles. The van der Waals surface area contributed by atoms with Gasteiger partial charge in [0.15, 0.2) is 17.6 Å². The van der Waals surface area contributed by atoms with E-state index in [9.17, 15) is 27.2 Å². The molecule has 11 heteroatoms. The lowest BCUT2D eigenvalue weighted by Gasteiger charge is -2.33. The molecule has 0 aliphatic heterocycles. The van der Waals surface area contributed by atoms with Crippen LogP contribution >= 0.6 is 0 Å². The van der Waals surface area contributed by atoms with E-state index in [-0.39, 0.29) is 61.9 Å². The summed E-state index contributed by atoms with van der Waals surface area (Å²) in [5.74, 6) is -5.60. The van der Waals surface area contributed by atoms with Crippen molar-refractivity contribution in [3.05, 3.63) is 35.4 Å². The number of hydrogen-bond donors (Lipinski definition) is 3. The summed E-state index contributed by atoms with van der Waals surface area (Å²) in [4.78, 5) is 28.2. The minimum Gasteiger partial charge on any atom is -0.450 e. The molecule has 0 radical (unpaired) electrons. The summed E-state index contributed by atoms with van der Waals surface area (Å²) < 4.78 is 58.7. The molecule has 2 aliphatic rings. The van der Waals surface area contributed by atoms with E-state index in [4.69, 9.17) is 4.74 Å². The van der Waals surface area contributed by atoms with Gasteiger partial charge in [-0.25, -0.2) is 22.4 Å². The molecule has 0 atom stereocenters. The van der Waals surface area contributed by atoms with Crippen LogP contribution in [0.5, 0.6) is 0 Å². The van der Waals surface area contributed by atoms with Gasteiger partial charge < -0.3 is 20.7 Å². The molecular formula is C23H30F4N4O3. The van der Waals surface area contributed by atoms with Gasteiger partial charge in [0.2, 0.25) is 5.92 Å². The molecule has 0 bridgehead atoms. The minimum atomic E-state index is -2.70. The van der Waals surface area contributed by atoms with E-state index < -0.39 is 29.6 Å². The average Bonchev–Trinajstić information content (AvgIpc) is 2.78. The summed E-state index contributed by atoms with van der Waals surface area (Å²) in [6.07, 6.45) is 2.12. The number of ether oxygens (including phenoxy) is 1. The standard InChI is InChI=1S/C23H30F4N4O3/c1-2-34-22(33)30-16-6-4-15(5-7-16)28-21(29-17-9-11-23(26,27)12-10-17)31-20(32)14-3-8-18(24)19(25)13-14/h3,8,13,15-17H,2,4-7,9-12H2,1H3,(H,30,33)(H2,28,29,31,32)/t15-,16-. The summed E-state index contributed by atoms with van der Waals surface area (Å²) in [5, 5.41) is 9.03. The van der Waals surface area contributed by atoms with E-state index in [2.05, 4.69) is 20.9 Å². The number of hydrogen-bond acceptors (Lipinski definition) is 3. The van der Waals surface area contributed by atoms with Crippen LogP contribution in [0.4, 0.5) is 22.4 Å². The van der Waals surface area contributed by atoms with Gasteiger partial charge in [-0.15, -0.1) is 0 Å². The topological polar surface area (TPSA) is 91.8 Å². The number of halogens is 4. The van der Waals surface area contributed by atoms with Gasteiger partial charge in [-0.05, 0) is 63.6 Å². The molecule has 0 aromatic heterocycles. The van der Waals surface area contributed by atoms with Crippen molar-refractivity contribution in [1.29, 1.82) is 0 Å². The molecule has 1 aromatic carbocycles. The number of carbonyl (C=O) groups is 2. The first-order valence-electron chi connectivity index (χ1n) is 11.6. The Kier molecular flexibility index (Phi) is 8.73. The summed E-state index contributed by atoms with van der Waals surface area (Å²) in [7, 11) is 0. The van der Waals surface area contributed by atoms with E-state index in [1.54, 1.807) is 6.92 Å². The molecule has 2 aliphatic carbocycles. The predicted molar refractivity (Wildman–Crippen MR) is 118 cm³/mol. The van der Waals surface area contributed by atoms with Crippen molar-refractivity contribution in [2.24, 2.45) is 4.99 Å². The molecule has 34 heavy (non-hydrogen) atoms. The normalized spacial score (nSPS) is 23.1. The Morgan fingerprint density at radius 2 is 1.50 bits per heavy atom. The van der Waals surface area contributed by atoms with Gasteiger partial charge in [-0.3, -0.25) is 4.79 Å². The lowest BCUT2D eigenvalue weighted by Crippen LogP contribution is -2.51. The van der Waals surface area contributed by atoms with Crippen molar-refractivity contribution in [2.45, 2.75) is 82.3 Å². The fourth-order valence-electron chi connectivity index (χ4n) is 4.19. The molecule has 3 rings (SSSR count). The number of nitrogens with zero attached hydrogens (tertiary/aromatic N) is 1. The van der Waals surface area contributed by atoms with Crippen LogP contribution in [0.2, 0.25) is 0 Å². The van der Waals surface area contributed by atoms with Crippen LogP contribution in [0, 0.1) is 11.6 Å². The molecule has 1 aromatic rings. The number of aliphatic imine (C=N–C) groups is 1. The number of alkyl halides is 2. The molecule has 0 heterocycles. The van der Waals surface area contributed by atoms with Crippen molar-refractivity contribution in [1.82, 2.24) is 16.0 Å². The number of carbonyl (C=O) groups excluding carboxylic acids is 2. The lowest BCUT2D eigenvalue weighted by atomic mass is 9.91. The largest absolute Gasteiger partial charge is 0.450 e. The number of alkyl carbamates (subject to hydrolysis) is 1. The molecule has 0 unspecified atom stereocenters. The van der Waals surface area contributed by atoms with Gasteiger partial charge in [0.1, 0.15) is 0 Å². The number of benzene rings is 1. The highest BCUT2D eigenvalue weighted by molar-refractivity contribution is 6.02. The zero-order chi connectivity index (χ0) is 24.7. The van der Waals surface area contributed by atoms with E-state index in [0.717, 1.165) is 18.2 Å². The third kappa shape index (κ3) is 7.59. The zero-order valence-corrected chi connectivity index (χ0v) is 19.0. The maximum Gasteiger partial charge on any atom is 0.407 e. The van der Waals surface area contributed by atoms with Crippen LogP contribution in [-0.2, 0) is 4.74 Å². The number of guanidine groups is 1. The van der Waals surface area contributed by atoms with Crippen LogP contribution in [0.3, 0.4) is 0 Å². The Bertz CT molecular complexity index is 894. The van der Waals surface area contributed by atoms with E-state index in [1.807, 2.05) is 0 Å². The lowest BCUT2D eigenvalue weighted by molar-refractivity contribution is -0.0391. The highest BCUT2D eigenvalue weighted by Gasteiger charge is 2.35. The first kappa shape index (κ1) is 25.8. The Morgan fingerprint density at radius 3 is 2.06 bits per heavy atom. The summed E-state index contributed by atoms with van der Waals surface area (Å²) in [6, 6.07) is 2.34. The maximum atomic E-state index is 13.6. The van der Waals surface area contributed by atoms with Crippen LogP contribution in [0.25, 0.3) is 0 Å². The predicted octanol–water partition coefficient (Wildman–Crippen LogP) is 4.28. The van der Waals surface area contributed by atoms with Gasteiger partial charge in [-0.2, -0.15) is 4.99 Å². The van der Waals surface area contributed by atoms with Crippen LogP contribution in [0.1, 0.15) is 68.6 Å². The molecule has 2 fully saturated rings. The molecule has 7 nitrogen and oxygen atoms in total. The van der Waals surface area contributed by atoms with Crippen molar-refractivity contribution >= 4 is 18.0 Å². The third-order valence-corrected chi connectivity index (χ3v) is 6.10. The van der Waals surface area contributed by atoms with Crippen LogP contribution in [-0.4, -0.2) is 48.6 Å². The number of rotatable bonds is 5. The summed E-state index contributed by atoms with van der Waals surface area (Å²) in [5.41, 5.74) is -0.127. The monoisotopic (exact) mass is 486 g/mol. The highest BCUT2D eigenvalue weighted by Crippen LogP contribution is 2.33. The summed E-state index contributed by atoms with van der Waals surface area (Å²) in [6.45, 7) is 2.01. The Hall–Kier alpha value is -2.85. The van der Waals surface area contributed by atoms with E-state index in [0.29, 0.717) is 25.7 Å². The molecule has 2 amide bonds. The summed E-state index contributed by atoms with van der Waals surface area (Å²) >= 11 is 0. The first-order valence-corrected chi connectivity index (χ1v) is 11.6. The van der Waals surface area contributed by atoms with Crippen molar-refractivity contribution in [2.75, 3.05) is 6.61 Å². The maximum absolute atomic E-state index is 13.6. The van der Waals surface area contributed by atoms with Gasteiger partial charge in [-0.1, -0.05) is 0 Å². The van der Waals surface area contributed by atoms with E-state index >= 15 is 0 Å². The molecule has 0 saturated heterocycles. The highest BCUT2D eigenvalue weighted by atomic mass is 19.3. The third-order valence-electron chi connectivity index (χ3n) is 6.10. The van der Waals surface area contributed by atoms with Crippen molar-refractivity contribution in [3.8, 4) is 0 Å². The smallest absolute Gasteiger partial charge is 0.407 e. The van der Waals surface area contributed by atoms with Crippen molar-refractivity contribution < 1.29 is 31.9 Å². The Labute approximate surface area is 195 Å². The zero-order valence-electron chi connectivity index (χ0n) is 19.0. The van der Waals surface area contributed by atoms with Gasteiger partial charge in [0.25, 0.3) is 5.91 Å². The second-order valence-corrected chi connectivity index (χ2v) is 8.73. The molecule has 0 spiro atoms.